The highest BCUT2D eigenvalue weighted by atomic mass is 16.5. The van der Waals surface area contributed by atoms with E-state index in [-0.39, 0.29) is 5.91 Å². The third kappa shape index (κ3) is 4.03. The molecule has 2 aromatic rings. The van der Waals surface area contributed by atoms with E-state index in [1.165, 1.54) is 0 Å². The highest BCUT2D eigenvalue weighted by molar-refractivity contribution is 5.95. The number of carbonyl (C=O) groups excluding carboxylic acids is 1. The number of carbonyl (C=O) groups is 1. The summed E-state index contributed by atoms with van der Waals surface area (Å²) in [4.78, 5) is 12.6. The Morgan fingerprint density at radius 2 is 2.25 bits per heavy atom. The summed E-state index contributed by atoms with van der Waals surface area (Å²) >= 11 is 0. The molecule has 0 saturated carbocycles. The van der Waals surface area contributed by atoms with E-state index in [2.05, 4.69) is 35.7 Å². The van der Waals surface area contributed by atoms with Crippen LogP contribution < -0.4 is 10.6 Å². The number of benzene rings is 1. The van der Waals surface area contributed by atoms with Gasteiger partial charge in [-0.25, -0.2) is 0 Å². The maximum Gasteiger partial charge on any atom is 0.251 e. The van der Waals surface area contributed by atoms with Crippen molar-refractivity contribution in [3.63, 3.8) is 0 Å². The van der Waals surface area contributed by atoms with Gasteiger partial charge in [0.05, 0.1) is 6.54 Å². The van der Waals surface area contributed by atoms with E-state index in [4.69, 9.17) is 4.52 Å². The van der Waals surface area contributed by atoms with Crippen LogP contribution in [0.1, 0.15) is 53.6 Å². The molecular weight excluding hydrogens is 302 g/mol. The zero-order chi connectivity index (χ0) is 16.9. The number of aromatic nitrogens is 1. The normalized spacial score (nSPS) is 17.4. The molecular formula is C19H25N3O2. The van der Waals surface area contributed by atoms with Crippen molar-refractivity contribution in [2.45, 2.75) is 39.2 Å². The molecule has 1 fully saturated rings. The molecule has 1 amide bonds. The van der Waals surface area contributed by atoms with Crippen LogP contribution in [0.4, 0.5) is 0 Å². The van der Waals surface area contributed by atoms with Gasteiger partial charge in [0, 0.05) is 24.6 Å². The molecule has 24 heavy (non-hydrogen) atoms. The number of hydrogen-bond donors (Lipinski definition) is 2. The fourth-order valence-electron chi connectivity index (χ4n) is 3.18. The van der Waals surface area contributed by atoms with Gasteiger partial charge >= 0.3 is 0 Å². The number of nitrogens with one attached hydrogen (secondary N) is 2. The molecule has 1 aromatic carbocycles. The van der Waals surface area contributed by atoms with Crippen molar-refractivity contribution in [3.8, 4) is 0 Å². The van der Waals surface area contributed by atoms with Crippen LogP contribution >= 0.6 is 0 Å². The van der Waals surface area contributed by atoms with E-state index < -0.39 is 0 Å². The highest BCUT2D eigenvalue weighted by Gasteiger charge is 2.22. The van der Waals surface area contributed by atoms with Crippen LogP contribution in [0.25, 0.3) is 0 Å². The van der Waals surface area contributed by atoms with Gasteiger partial charge in [-0.1, -0.05) is 37.2 Å². The van der Waals surface area contributed by atoms with Crippen molar-refractivity contribution < 1.29 is 9.32 Å². The first-order valence-electron chi connectivity index (χ1n) is 8.66. The zero-order valence-electron chi connectivity index (χ0n) is 14.3. The van der Waals surface area contributed by atoms with Crippen LogP contribution in [-0.2, 0) is 13.0 Å². The lowest BCUT2D eigenvalue weighted by Crippen LogP contribution is -2.25. The Bertz CT molecular complexity index is 687. The molecule has 0 radical (unpaired) electrons. The second kappa shape index (κ2) is 7.62. The second-order valence-corrected chi connectivity index (χ2v) is 6.84. The molecule has 3 rings (SSSR count). The van der Waals surface area contributed by atoms with Crippen LogP contribution in [0.15, 0.2) is 34.9 Å². The Morgan fingerprint density at radius 1 is 1.42 bits per heavy atom. The van der Waals surface area contributed by atoms with Gasteiger partial charge in [-0.05, 0) is 36.4 Å². The Balaban J connectivity index is 1.64. The molecule has 1 aliphatic rings. The molecule has 5 nitrogen and oxygen atoms in total. The van der Waals surface area contributed by atoms with Gasteiger partial charge in [-0.3, -0.25) is 4.79 Å². The van der Waals surface area contributed by atoms with Crippen LogP contribution in [0.2, 0.25) is 0 Å². The zero-order valence-corrected chi connectivity index (χ0v) is 14.3. The molecule has 2 N–H and O–H groups in total. The summed E-state index contributed by atoms with van der Waals surface area (Å²) in [5.74, 6) is 1.75. The molecule has 1 unspecified atom stereocenters. The number of amides is 1. The molecule has 2 heterocycles. The van der Waals surface area contributed by atoms with Crippen LogP contribution in [0, 0.1) is 5.92 Å². The fraction of sp³-hybridized carbons (Fsp3) is 0.474. The summed E-state index contributed by atoms with van der Waals surface area (Å²) in [5, 5.41) is 10.4. The molecule has 0 bridgehead atoms. The monoisotopic (exact) mass is 327 g/mol. The van der Waals surface area contributed by atoms with Gasteiger partial charge in [0.15, 0.2) is 0 Å². The lowest BCUT2D eigenvalue weighted by atomic mass is 9.93. The molecule has 1 saturated heterocycles. The first-order chi connectivity index (χ1) is 11.6. The van der Waals surface area contributed by atoms with E-state index in [0.717, 1.165) is 48.5 Å². The van der Waals surface area contributed by atoms with E-state index in [1.807, 2.05) is 24.3 Å². The van der Waals surface area contributed by atoms with Gasteiger partial charge in [-0.2, -0.15) is 0 Å². The molecule has 1 atom stereocenters. The molecule has 1 aliphatic heterocycles. The first kappa shape index (κ1) is 16.7. The standard InChI is InChI=1S/C19H25N3O2/c1-13(2)9-16-10-15(22-24-16)12-21-19(23)18-6-4-3-5-17(18)14-7-8-20-11-14/h3-6,10,13-14,20H,7-9,11-12H2,1-2H3,(H,21,23). The Hall–Kier alpha value is -2.14. The van der Waals surface area contributed by atoms with Crippen molar-refractivity contribution in [1.82, 2.24) is 15.8 Å². The van der Waals surface area contributed by atoms with Gasteiger partial charge in [0.2, 0.25) is 0 Å². The Labute approximate surface area is 142 Å². The van der Waals surface area contributed by atoms with Crippen molar-refractivity contribution in [2.75, 3.05) is 13.1 Å². The van der Waals surface area contributed by atoms with Crippen molar-refractivity contribution >= 4 is 5.91 Å². The van der Waals surface area contributed by atoms with Gasteiger partial charge in [0.1, 0.15) is 11.5 Å². The fourth-order valence-corrected chi connectivity index (χ4v) is 3.18. The number of hydrogen-bond acceptors (Lipinski definition) is 4. The van der Waals surface area contributed by atoms with Crippen LogP contribution in [0.5, 0.6) is 0 Å². The predicted molar refractivity (Wildman–Crippen MR) is 92.9 cm³/mol. The lowest BCUT2D eigenvalue weighted by molar-refractivity contribution is 0.0948. The largest absolute Gasteiger partial charge is 0.361 e. The SMILES string of the molecule is CC(C)Cc1cc(CNC(=O)c2ccccc2C2CCNC2)no1. The average molecular weight is 327 g/mol. The summed E-state index contributed by atoms with van der Waals surface area (Å²) < 4.78 is 5.31. The lowest BCUT2D eigenvalue weighted by Gasteiger charge is -2.14. The number of rotatable bonds is 6. The van der Waals surface area contributed by atoms with Crippen LogP contribution in [-0.4, -0.2) is 24.2 Å². The minimum atomic E-state index is -0.0501. The van der Waals surface area contributed by atoms with E-state index in [0.29, 0.717) is 18.4 Å². The van der Waals surface area contributed by atoms with Crippen molar-refractivity contribution in [2.24, 2.45) is 5.92 Å². The van der Waals surface area contributed by atoms with E-state index in [1.54, 1.807) is 0 Å². The Kier molecular flexibility index (Phi) is 5.30. The van der Waals surface area contributed by atoms with Gasteiger partial charge in [-0.15, -0.1) is 0 Å². The first-order valence-corrected chi connectivity index (χ1v) is 8.66. The smallest absolute Gasteiger partial charge is 0.251 e. The maximum absolute atomic E-state index is 12.6. The van der Waals surface area contributed by atoms with Crippen molar-refractivity contribution in [3.05, 3.63) is 52.9 Å². The minimum Gasteiger partial charge on any atom is -0.361 e. The van der Waals surface area contributed by atoms with Gasteiger partial charge < -0.3 is 15.2 Å². The summed E-state index contributed by atoms with van der Waals surface area (Å²) in [6, 6.07) is 9.80. The van der Waals surface area contributed by atoms with E-state index in [9.17, 15) is 4.79 Å². The highest BCUT2D eigenvalue weighted by Crippen LogP contribution is 2.25. The molecule has 0 spiro atoms. The third-order valence-corrected chi connectivity index (χ3v) is 4.35. The van der Waals surface area contributed by atoms with Crippen molar-refractivity contribution in [1.29, 1.82) is 0 Å². The van der Waals surface area contributed by atoms with Gasteiger partial charge in [0.25, 0.3) is 5.91 Å². The Morgan fingerprint density at radius 3 is 3.00 bits per heavy atom. The van der Waals surface area contributed by atoms with E-state index >= 15 is 0 Å². The summed E-state index contributed by atoms with van der Waals surface area (Å²) in [6.07, 6.45) is 1.94. The summed E-state index contributed by atoms with van der Waals surface area (Å²) in [7, 11) is 0. The summed E-state index contributed by atoms with van der Waals surface area (Å²) in [5.41, 5.74) is 2.65. The molecule has 5 heteroatoms. The topological polar surface area (TPSA) is 67.2 Å². The maximum atomic E-state index is 12.6. The minimum absolute atomic E-state index is 0.0501. The molecule has 1 aromatic heterocycles. The summed E-state index contributed by atoms with van der Waals surface area (Å²) in [6.45, 7) is 6.61. The predicted octanol–water partition coefficient (Wildman–Crippen LogP) is 2.88. The second-order valence-electron chi connectivity index (χ2n) is 6.84. The third-order valence-electron chi connectivity index (χ3n) is 4.35. The van der Waals surface area contributed by atoms with Crippen LogP contribution in [0.3, 0.4) is 0 Å². The quantitative estimate of drug-likeness (QED) is 0.856. The molecule has 128 valence electrons. The molecule has 0 aliphatic carbocycles. The number of nitrogens with zero attached hydrogens (tertiary/aromatic N) is 1. The average Bonchev–Trinajstić information content (AvgIpc) is 3.24.